The lowest BCUT2D eigenvalue weighted by Crippen LogP contribution is -2.14. The van der Waals surface area contributed by atoms with Gasteiger partial charge in [-0.3, -0.25) is 10.1 Å². The fraction of sp³-hybridized carbons (Fsp3) is 0.462. The number of nitro groups is 1. The summed E-state index contributed by atoms with van der Waals surface area (Å²) in [7, 11) is 0. The Bertz CT molecular complexity index is 478. The number of nitro benzene ring substituents is 1. The van der Waals surface area contributed by atoms with Crippen molar-refractivity contribution in [2.24, 2.45) is 5.92 Å². The van der Waals surface area contributed by atoms with E-state index in [0.717, 1.165) is 0 Å². The molecule has 0 saturated carbocycles. The van der Waals surface area contributed by atoms with Crippen LogP contribution in [-0.2, 0) is 6.42 Å². The van der Waals surface area contributed by atoms with Gasteiger partial charge < -0.3 is 5.11 Å². The number of aliphatic hydroxyl groups excluding tert-OH is 1. The maximum Gasteiger partial charge on any atom is 0.270 e. The standard InChI is InChI=1S/C13H16N2O3/c1-9(2)5-13(16)7-10-3-4-12(15(17)18)6-11(10)8-14/h3-4,6,9,13,16H,5,7H2,1-2H3. The molecule has 0 fully saturated rings. The smallest absolute Gasteiger partial charge is 0.270 e. The summed E-state index contributed by atoms with van der Waals surface area (Å²) in [6.45, 7) is 4.01. The summed E-state index contributed by atoms with van der Waals surface area (Å²) in [6.07, 6.45) is 0.458. The Morgan fingerprint density at radius 2 is 2.17 bits per heavy atom. The fourth-order valence-electron chi connectivity index (χ4n) is 1.84. The van der Waals surface area contributed by atoms with Crippen molar-refractivity contribution < 1.29 is 10.0 Å². The highest BCUT2D eigenvalue weighted by Gasteiger charge is 2.14. The average molecular weight is 248 g/mol. The predicted octanol–water partition coefficient (Wildman–Crippen LogP) is 2.42. The minimum atomic E-state index is -0.533. The zero-order chi connectivity index (χ0) is 13.7. The van der Waals surface area contributed by atoms with Crippen LogP contribution in [0.25, 0.3) is 0 Å². The van der Waals surface area contributed by atoms with E-state index in [1.54, 1.807) is 6.07 Å². The largest absolute Gasteiger partial charge is 0.393 e. The van der Waals surface area contributed by atoms with E-state index in [4.69, 9.17) is 5.26 Å². The number of non-ortho nitro benzene ring substituents is 1. The van der Waals surface area contributed by atoms with Gasteiger partial charge in [0.15, 0.2) is 0 Å². The van der Waals surface area contributed by atoms with Crippen molar-refractivity contribution in [3.8, 4) is 6.07 Å². The van der Waals surface area contributed by atoms with Crippen molar-refractivity contribution in [3.05, 3.63) is 39.4 Å². The van der Waals surface area contributed by atoms with Crippen LogP contribution >= 0.6 is 0 Å². The Balaban J connectivity index is 2.90. The summed E-state index contributed by atoms with van der Waals surface area (Å²) in [5.41, 5.74) is 0.803. The monoisotopic (exact) mass is 248 g/mol. The number of nitriles is 1. The molecule has 0 bridgehead atoms. The van der Waals surface area contributed by atoms with Crippen molar-refractivity contribution in [3.63, 3.8) is 0 Å². The fourth-order valence-corrected chi connectivity index (χ4v) is 1.84. The van der Waals surface area contributed by atoms with Crippen LogP contribution in [0.2, 0.25) is 0 Å². The highest BCUT2D eigenvalue weighted by atomic mass is 16.6. The molecular formula is C13H16N2O3. The Morgan fingerprint density at radius 1 is 1.50 bits per heavy atom. The second-order valence-electron chi connectivity index (χ2n) is 4.70. The average Bonchev–Trinajstić information content (AvgIpc) is 2.27. The van der Waals surface area contributed by atoms with Gasteiger partial charge in [-0.1, -0.05) is 19.9 Å². The van der Waals surface area contributed by atoms with Crippen LogP contribution in [0.1, 0.15) is 31.4 Å². The minimum Gasteiger partial charge on any atom is -0.393 e. The predicted molar refractivity (Wildman–Crippen MR) is 67.0 cm³/mol. The molecule has 1 N–H and O–H groups in total. The maximum absolute atomic E-state index is 10.6. The summed E-state index contributed by atoms with van der Waals surface area (Å²) in [6, 6.07) is 6.08. The first-order valence-electron chi connectivity index (χ1n) is 5.79. The first-order chi connectivity index (χ1) is 8.43. The van der Waals surface area contributed by atoms with Crippen molar-refractivity contribution in [1.82, 2.24) is 0 Å². The van der Waals surface area contributed by atoms with Crippen LogP contribution in [0.5, 0.6) is 0 Å². The molecule has 0 radical (unpaired) electrons. The lowest BCUT2D eigenvalue weighted by atomic mass is 9.96. The number of rotatable bonds is 5. The Morgan fingerprint density at radius 3 is 2.67 bits per heavy atom. The summed E-state index contributed by atoms with van der Waals surface area (Å²) in [4.78, 5) is 10.1. The summed E-state index contributed by atoms with van der Waals surface area (Å²) >= 11 is 0. The van der Waals surface area contributed by atoms with Crippen molar-refractivity contribution in [2.75, 3.05) is 0 Å². The van der Waals surface area contributed by atoms with Crippen LogP contribution in [0.3, 0.4) is 0 Å². The van der Waals surface area contributed by atoms with Gasteiger partial charge in [-0.25, -0.2) is 0 Å². The molecule has 1 aromatic carbocycles. The van der Waals surface area contributed by atoms with E-state index in [9.17, 15) is 15.2 Å². The SMILES string of the molecule is CC(C)CC(O)Cc1ccc([N+](=O)[O-])cc1C#N. The van der Waals surface area contributed by atoms with E-state index >= 15 is 0 Å². The first-order valence-corrected chi connectivity index (χ1v) is 5.79. The van der Waals surface area contributed by atoms with Crippen LogP contribution < -0.4 is 0 Å². The van der Waals surface area contributed by atoms with Gasteiger partial charge in [0.2, 0.25) is 0 Å². The molecule has 0 aromatic heterocycles. The van der Waals surface area contributed by atoms with E-state index in [2.05, 4.69) is 0 Å². The van der Waals surface area contributed by atoms with E-state index in [0.29, 0.717) is 24.3 Å². The van der Waals surface area contributed by atoms with Crippen molar-refractivity contribution in [1.29, 1.82) is 5.26 Å². The molecule has 0 amide bonds. The van der Waals surface area contributed by atoms with Crippen LogP contribution in [0.15, 0.2) is 18.2 Å². The molecule has 0 saturated heterocycles. The first kappa shape index (κ1) is 14.1. The summed E-state index contributed by atoms with van der Waals surface area (Å²) in [5.74, 6) is 0.364. The van der Waals surface area contributed by atoms with Gasteiger partial charge in [-0.2, -0.15) is 5.26 Å². The molecule has 0 heterocycles. The third-order valence-electron chi connectivity index (χ3n) is 2.62. The maximum atomic E-state index is 10.6. The van der Waals surface area contributed by atoms with Gasteiger partial charge in [0, 0.05) is 12.1 Å². The molecule has 0 aliphatic rings. The molecule has 1 aromatic rings. The Kier molecular flexibility index (Phi) is 4.81. The highest BCUT2D eigenvalue weighted by Crippen LogP contribution is 2.20. The molecule has 1 rings (SSSR count). The van der Waals surface area contributed by atoms with Crippen molar-refractivity contribution in [2.45, 2.75) is 32.8 Å². The van der Waals surface area contributed by atoms with Gasteiger partial charge in [0.05, 0.1) is 22.7 Å². The topological polar surface area (TPSA) is 87.2 Å². The van der Waals surface area contributed by atoms with Gasteiger partial charge >= 0.3 is 0 Å². The van der Waals surface area contributed by atoms with E-state index in [-0.39, 0.29) is 11.3 Å². The molecule has 0 aliphatic carbocycles. The van der Waals surface area contributed by atoms with Crippen LogP contribution in [0, 0.1) is 27.4 Å². The van der Waals surface area contributed by atoms with Gasteiger partial charge in [0.25, 0.3) is 5.69 Å². The van der Waals surface area contributed by atoms with Crippen molar-refractivity contribution >= 4 is 5.69 Å². The molecule has 5 heteroatoms. The molecule has 5 nitrogen and oxygen atoms in total. The summed E-state index contributed by atoms with van der Waals surface area (Å²) in [5, 5.41) is 29.4. The molecule has 0 spiro atoms. The molecular weight excluding hydrogens is 232 g/mol. The third-order valence-corrected chi connectivity index (χ3v) is 2.62. The normalized spacial score (nSPS) is 12.2. The minimum absolute atomic E-state index is 0.103. The van der Waals surface area contributed by atoms with Gasteiger partial charge in [0.1, 0.15) is 0 Å². The zero-order valence-corrected chi connectivity index (χ0v) is 10.5. The third kappa shape index (κ3) is 3.82. The lowest BCUT2D eigenvalue weighted by Gasteiger charge is -2.13. The number of hydrogen-bond acceptors (Lipinski definition) is 4. The number of nitrogens with zero attached hydrogens (tertiary/aromatic N) is 2. The van der Waals surface area contributed by atoms with Crippen LogP contribution in [0.4, 0.5) is 5.69 Å². The zero-order valence-electron chi connectivity index (χ0n) is 10.5. The van der Waals surface area contributed by atoms with E-state index < -0.39 is 11.0 Å². The molecule has 96 valence electrons. The van der Waals surface area contributed by atoms with E-state index in [1.807, 2.05) is 19.9 Å². The number of hydrogen-bond donors (Lipinski definition) is 1. The Labute approximate surface area is 106 Å². The molecule has 1 unspecified atom stereocenters. The second kappa shape index (κ2) is 6.12. The van der Waals surface area contributed by atoms with Gasteiger partial charge in [-0.15, -0.1) is 0 Å². The molecule has 1 atom stereocenters. The highest BCUT2D eigenvalue weighted by molar-refractivity contribution is 5.46. The number of aliphatic hydroxyl groups is 1. The summed E-state index contributed by atoms with van der Waals surface area (Å²) < 4.78 is 0. The molecule has 18 heavy (non-hydrogen) atoms. The van der Waals surface area contributed by atoms with Crippen LogP contribution in [-0.4, -0.2) is 16.1 Å². The van der Waals surface area contributed by atoms with E-state index in [1.165, 1.54) is 12.1 Å². The Hall–Kier alpha value is -1.93. The lowest BCUT2D eigenvalue weighted by molar-refractivity contribution is -0.384. The molecule has 0 aliphatic heterocycles. The number of benzene rings is 1. The second-order valence-corrected chi connectivity index (χ2v) is 4.70. The van der Waals surface area contributed by atoms with Gasteiger partial charge in [-0.05, 0) is 24.3 Å². The quantitative estimate of drug-likeness (QED) is 0.640.